The van der Waals surface area contributed by atoms with Crippen LogP contribution in [-0.2, 0) is 9.59 Å². The van der Waals surface area contributed by atoms with Gasteiger partial charge in [-0.25, -0.2) is 0 Å². The molecule has 1 amide bonds. The number of hydrogen-bond acceptors (Lipinski definition) is 5. The van der Waals surface area contributed by atoms with Crippen molar-refractivity contribution in [2.45, 2.75) is 12.8 Å². The van der Waals surface area contributed by atoms with E-state index in [9.17, 15) is 9.59 Å². The van der Waals surface area contributed by atoms with Crippen LogP contribution in [0.25, 0.3) is 0 Å². The van der Waals surface area contributed by atoms with Crippen molar-refractivity contribution in [3.63, 3.8) is 0 Å². The number of carboxylic acids is 1. The van der Waals surface area contributed by atoms with Gasteiger partial charge in [0.05, 0.1) is 13.0 Å². The number of carbonyl (C=O) groups excluding carboxylic acids is 1. The number of rotatable bonds is 8. The maximum Gasteiger partial charge on any atom is 0.303 e. The number of piperazine rings is 1. The number of aliphatic carboxylic acids is 1. The molecule has 0 unspecified atom stereocenters. The Kier molecular flexibility index (Phi) is 7.39. The van der Waals surface area contributed by atoms with Crippen LogP contribution in [0.2, 0.25) is 0 Å². The topological polar surface area (TPSA) is 93.1 Å². The molecule has 1 saturated heterocycles. The number of carbonyl (C=O) groups is 2. The molecule has 110 valence electrons. The molecule has 7 heteroatoms. The van der Waals surface area contributed by atoms with E-state index >= 15 is 0 Å². The van der Waals surface area contributed by atoms with E-state index in [0.29, 0.717) is 6.54 Å². The number of hydrogen-bond donors (Lipinski definition) is 3. The van der Waals surface area contributed by atoms with Crippen molar-refractivity contribution in [1.29, 1.82) is 0 Å². The minimum Gasteiger partial charge on any atom is -0.481 e. The lowest BCUT2D eigenvalue weighted by atomic mass is 10.3. The molecule has 0 aliphatic carbocycles. The van der Waals surface area contributed by atoms with Gasteiger partial charge in [-0.05, 0) is 0 Å². The number of carboxylic acid groups (broad SMARTS) is 1. The molecule has 0 radical (unpaired) electrons. The molecular weight excluding hydrogens is 250 g/mol. The molecule has 0 aromatic heterocycles. The quantitative estimate of drug-likeness (QED) is 0.502. The van der Waals surface area contributed by atoms with Crippen molar-refractivity contribution in [3.8, 4) is 0 Å². The van der Waals surface area contributed by atoms with Crippen LogP contribution in [-0.4, -0.2) is 84.3 Å². The largest absolute Gasteiger partial charge is 0.481 e. The zero-order chi connectivity index (χ0) is 14.1. The van der Waals surface area contributed by atoms with E-state index in [2.05, 4.69) is 15.1 Å². The third-order valence-corrected chi connectivity index (χ3v) is 3.20. The SMILES string of the molecule is O=C(O)CCC(=O)NCCN1CCN(CCO)CC1. The highest BCUT2D eigenvalue weighted by Gasteiger charge is 2.15. The summed E-state index contributed by atoms with van der Waals surface area (Å²) in [7, 11) is 0. The van der Waals surface area contributed by atoms with E-state index in [1.807, 2.05) is 0 Å². The van der Waals surface area contributed by atoms with E-state index in [1.54, 1.807) is 0 Å². The minimum atomic E-state index is -0.949. The second kappa shape index (κ2) is 8.84. The maximum absolute atomic E-state index is 11.3. The van der Waals surface area contributed by atoms with Gasteiger partial charge in [-0.3, -0.25) is 19.4 Å². The summed E-state index contributed by atoms with van der Waals surface area (Å²) >= 11 is 0. The standard InChI is InChI=1S/C12H23N3O4/c16-10-9-15-7-5-14(6-8-15)4-3-13-11(17)1-2-12(18)19/h16H,1-10H2,(H,13,17)(H,18,19). The van der Waals surface area contributed by atoms with Crippen LogP contribution in [0, 0.1) is 0 Å². The summed E-state index contributed by atoms with van der Waals surface area (Å²) in [6.45, 7) is 6.00. The third-order valence-electron chi connectivity index (χ3n) is 3.20. The molecule has 0 saturated carbocycles. The maximum atomic E-state index is 11.3. The van der Waals surface area contributed by atoms with Crippen molar-refractivity contribution >= 4 is 11.9 Å². The fourth-order valence-corrected chi connectivity index (χ4v) is 2.04. The Bertz CT molecular complexity index is 291. The summed E-state index contributed by atoms with van der Waals surface area (Å²) in [6, 6.07) is 0. The van der Waals surface area contributed by atoms with E-state index in [4.69, 9.17) is 10.2 Å². The van der Waals surface area contributed by atoms with Crippen molar-refractivity contribution in [1.82, 2.24) is 15.1 Å². The van der Waals surface area contributed by atoms with Crippen LogP contribution in [0.3, 0.4) is 0 Å². The molecule has 0 atom stereocenters. The Balaban J connectivity index is 2.04. The summed E-state index contributed by atoms with van der Waals surface area (Å²) in [6.07, 6.45) is -0.0781. The van der Waals surface area contributed by atoms with Crippen LogP contribution in [0.1, 0.15) is 12.8 Å². The van der Waals surface area contributed by atoms with Gasteiger partial charge in [-0.2, -0.15) is 0 Å². The number of amides is 1. The molecular formula is C12H23N3O4. The van der Waals surface area contributed by atoms with Gasteiger partial charge in [-0.1, -0.05) is 0 Å². The molecule has 1 heterocycles. The second-order valence-electron chi connectivity index (χ2n) is 4.65. The Morgan fingerprint density at radius 2 is 1.58 bits per heavy atom. The first-order valence-corrected chi connectivity index (χ1v) is 6.66. The van der Waals surface area contributed by atoms with E-state index < -0.39 is 5.97 Å². The molecule has 19 heavy (non-hydrogen) atoms. The molecule has 7 nitrogen and oxygen atoms in total. The fourth-order valence-electron chi connectivity index (χ4n) is 2.04. The zero-order valence-electron chi connectivity index (χ0n) is 11.2. The second-order valence-corrected chi connectivity index (χ2v) is 4.65. The van der Waals surface area contributed by atoms with Gasteiger partial charge in [0.1, 0.15) is 0 Å². The minimum absolute atomic E-state index is 0.0413. The number of β-amino-alcohol motifs (C(OH)–C–C–N with tert-alkyl or cyclic N) is 1. The van der Waals surface area contributed by atoms with Crippen LogP contribution in [0.15, 0.2) is 0 Å². The van der Waals surface area contributed by atoms with Gasteiger partial charge >= 0.3 is 5.97 Å². The van der Waals surface area contributed by atoms with E-state index in [-0.39, 0.29) is 25.4 Å². The van der Waals surface area contributed by atoms with Crippen LogP contribution in [0.4, 0.5) is 0 Å². The molecule has 3 N–H and O–H groups in total. The van der Waals surface area contributed by atoms with Gasteiger partial charge in [0.2, 0.25) is 5.91 Å². The first kappa shape index (κ1) is 15.9. The average Bonchev–Trinajstić information content (AvgIpc) is 2.39. The van der Waals surface area contributed by atoms with Crippen molar-refractivity contribution in [3.05, 3.63) is 0 Å². The Morgan fingerprint density at radius 1 is 1.00 bits per heavy atom. The molecule has 1 aliphatic rings. The summed E-state index contributed by atoms with van der Waals surface area (Å²) < 4.78 is 0. The highest BCUT2D eigenvalue weighted by molar-refractivity contribution is 5.80. The average molecular weight is 273 g/mol. The zero-order valence-corrected chi connectivity index (χ0v) is 11.2. The Labute approximate surface area is 113 Å². The van der Waals surface area contributed by atoms with Gasteiger partial charge in [-0.15, -0.1) is 0 Å². The first-order chi connectivity index (χ1) is 9.11. The number of nitrogens with zero attached hydrogens (tertiary/aromatic N) is 2. The lowest BCUT2D eigenvalue weighted by molar-refractivity contribution is -0.138. The lowest BCUT2D eigenvalue weighted by Gasteiger charge is -2.34. The Hall–Kier alpha value is -1.18. The normalized spacial score (nSPS) is 17.3. The predicted octanol–water partition coefficient (Wildman–Crippen LogP) is -1.42. The van der Waals surface area contributed by atoms with Gasteiger partial charge in [0.25, 0.3) is 0 Å². The molecule has 0 aromatic carbocycles. The number of aliphatic hydroxyl groups is 1. The van der Waals surface area contributed by atoms with Crippen LogP contribution < -0.4 is 5.32 Å². The molecule has 0 aromatic rings. The van der Waals surface area contributed by atoms with Gasteiger partial charge in [0.15, 0.2) is 0 Å². The molecule has 0 bridgehead atoms. The highest BCUT2D eigenvalue weighted by atomic mass is 16.4. The summed E-state index contributed by atoms with van der Waals surface area (Å²) in [4.78, 5) is 26.1. The van der Waals surface area contributed by atoms with Crippen molar-refractivity contribution in [2.24, 2.45) is 0 Å². The van der Waals surface area contributed by atoms with Crippen LogP contribution in [0.5, 0.6) is 0 Å². The first-order valence-electron chi connectivity index (χ1n) is 6.66. The molecule has 0 spiro atoms. The third kappa shape index (κ3) is 7.09. The fraction of sp³-hybridized carbons (Fsp3) is 0.833. The Morgan fingerprint density at radius 3 is 2.11 bits per heavy atom. The summed E-state index contributed by atoms with van der Waals surface area (Å²) in [5.74, 6) is -1.16. The summed E-state index contributed by atoms with van der Waals surface area (Å²) in [5, 5.41) is 20.0. The molecule has 1 rings (SSSR count). The highest BCUT2D eigenvalue weighted by Crippen LogP contribution is 2.00. The van der Waals surface area contributed by atoms with E-state index in [0.717, 1.165) is 39.3 Å². The number of aliphatic hydroxyl groups excluding tert-OH is 1. The van der Waals surface area contributed by atoms with Crippen LogP contribution >= 0.6 is 0 Å². The van der Waals surface area contributed by atoms with Crippen molar-refractivity contribution < 1.29 is 19.8 Å². The monoisotopic (exact) mass is 273 g/mol. The lowest BCUT2D eigenvalue weighted by Crippen LogP contribution is -2.49. The van der Waals surface area contributed by atoms with Gasteiger partial charge in [0, 0.05) is 52.2 Å². The van der Waals surface area contributed by atoms with Gasteiger partial charge < -0.3 is 15.5 Å². The molecule has 1 fully saturated rings. The molecule has 1 aliphatic heterocycles. The van der Waals surface area contributed by atoms with Crippen molar-refractivity contribution in [2.75, 3.05) is 52.4 Å². The van der Waals surface area contributed by atoms with E-state index in [1.165, 1.54) is 0 Å². The predicted molar refractivity (Wildman–Crippen MR) is 69.8 cm³/mol. The summed E-state index contributed by atoms with van der Waals surface area (Å²) in [5.41, 5.74) is 0. The smallest absolute Gasteiger partial charge is 0.303 e. The number of nitrogens with one attached hydrogen (secondary N) is 1.